The average molecular weight is 432 g/mol. The van der Waals surface area contributed by atoms with Crippen molar-refractivity contribution in [3.63, 3.8) is 0 Å². The van der Waals surface area contributed by atoms with Gasteiger partial charge in [-0.2, -0.15) is 0 Å². The molecule has 23 heavy (non-hydrogen) atoms. The lowest BCUT2D eigenvalue weighted by atomic mass is 10.1. The number of benzene rings is 1. The van der Waals surface area contributed by atoms with Gasteiger partial charge >= 0.3 is 0 Å². The van der Waals surface area contributed by atoms with Crippen LogP contribution in [0.25, 0.3) is 0 Å². The highest BCUT2D eigenvalue weighted by atomic mass is 127. The van der Waals surface area contributed by atoms with Crippen LogP contribution in [0.1, 0.15) is 38.8 Å². The van der Waals surface area contributed by atoms with Gasteiger partial charge in [0.2, 0.25) is 0 Å². The van der Waals surface area contributed by atoms with Crippen LogP contribution in [-0.2, 0) is 13.1 Å². The first-order chi connectivity index (χ1) is 10.5. The molecule has 0 saturated carbocycles. The molecule has 132 valence electrons. The van der Waals surface area contributed by atoms with Crippen molar-refractivity contribution in [1.82, 2.24) is 15.5 Å². The SMILES string of the molecule is CCN(C)Cc1cccc(CNC(=NC)NC(C)C(C)C)c1.I. The van der Waals surface area contributed by atoms with Crippen LogP contribution < -0.4 is 10.6 Å². The van der Waals surface area contributed by atoms with Gasteiger partial charge in [0.15, 0.2) is 5.96 Å². The summed E-state index contributed by atoms with van der Waals surface area (Å²) in [5.41, 5.74) is 2.63. The minimum absolute atomic E-state index is 0. The first-order valence-corrected chi connectivity index (χ1v) is 8.19. The molecule has 0 aliphatic carbocycles. The Balaban J connectivity index is 0.00000484. The molecule has 0 aromatic heterocycles. The number of nitrogens with one attached hydrogen (secondary N) is 2. The lowest BCUT2D eigenvalue weighted by Gasteiger charge is -2.21. The molecule has 0 amide bonds. The van der Waals surface area contributed by atoms with Crippen molar-refractivity contribution in [2.75, 3.05) is 20.6 Å². The van der Waals surface area contributed by atoms with Gasteiger partial charge in [-0.25, -0.2) is 0 Å². The normalized spacial score (nSPS) is 13.0. The summed E-state index contributed by atoms with van der Waals surface area (Å²) in [6, 6.07) is 9.13. The van der Waals surface area contributed by atoms with Gasteiger partial charge in [0, 0.05) is 26.2 Å². The van der Waals surface area contributed by atoms with Gasteiger partial charge in [-0.1, -0.05) is 45.0 Å². The van der Waals surface area contributed by atoms with E-state index in [1.54, 1.807) is 0 Å². The van der Waals surface area contributed by atoms with Gasteiger partial charge in [-0.15, -0.1) is 24.0 Å². The average Bonchev–Trinajstić information content (AvgIpc) is 2.51. The number of aliphatic imine (C=N–C) groups is 1. The van der Waals surface area contributed by atoms with Gasteiger partial charge in [-0.3, -0.25) is 4.99 Å². The quantitative estimate of drug-likeness (QED) is 0.394. The predicted molar refractivity (Wildman–Crippen MR) is 111 cm³/mol. The Morgan fingerprint density at radius 3 is 2.43 bits per heavy atom. The molecule has 1 rings (SSSR count). The van der Waals surface area contributed by atoms with Crippen LogP contribution >= 0.6 is 24.0 Å². The Morgan fingerprint density at radius 1 is 1.22 bits per heavy atom. The van der Waals surface area contributed by atoms with Crippen molar-refractivity contribution in [2.24, 2.45) is 10.9 Å². The molecule has 1 aromatic carbocycles. The van der Waals surface area contributed by atoms with E-state index in [0.717, 1.165) is 25.6 Å². The molecule has 0 aliphatic rings. The molecule has 4 nitrogen and oxygen atoms in total. The fraction of sp³-hybridized carbons (Fsp3) is 0.611. The molecule has 0 saturated heterocycles. The molecular weight excluding hydrogens is 399 g/mol. The van der Waals surface area contributed by atoms with E-state index in [9.17, 15) is 0 Å². The minimum Gasteiger partial charge on any atom is -0.354 e. The Morgan fingerprint density at radius 2 is 1.87 bits per heavy atom. The number of rotatable bonds is 7. The smallest absolute Gasteiger partial charge is 0.191 e. The van der Waals surface area contributed by atoms with Gasteiger partial charge in [-0.05, 0) is 37.6 Å². The largest absolute Gasteiger partial charge is 0.354 e. The number of nitrogens with zero attached hydrogens (tertiary/aromatic N) is 2. The van der Waals surface area contributed by atoms with E-state index in [0.29, 0.717) is 12.0 Å². The van der Waals surface area contributed by atoms with Crippen LogP contribution in [-0.4, -0.2) is 37.5 Å². The molecule has 0 spiro atoms. The summed E-state index contributed by atoms with van der Waals surface area (Å²) in [6.45, 7) is 11.6. The number of hydrogen-bond donors (Lipinski definition) is 2. The van der Waals surface area contributed by atoms with Crippen molar-refractivity contribution < 1.29 is 0 Å². The third kappa shape index (κ3) is 8.55. The van der Waals surface area contributed by atoms with Gasteiger partial charge in [0.25, 0.3) is 0 Å². The van der Waals surface area contributed by atoms with Crippen LogP contribution in [0.5, 0.6) is 0 Å². The van der Waals surface area contributed by atoms with Crippen LogP contribution in [0.15, 0.2) is 29.3 Å². The summed E-state index contributed by atoms with van der Waals surface area (Å²) in [4.78, 5) is 6.60. The second-order valence-electron chi connectivity index (χ2n) is 6.25. The zero-order valence-corrected chi connectivity index (χ0v) is 17.7. The van der Waals surface area contributed by atoms with Crippen molar-refractivity contribution in [2.45, 2.75) is 46.8 Å². The molecule has 5 heteroatoms. The molecule has 0 bridgehead atoms. The van der Waals surface area contributed by atoms with E-state index in [1.807, 2.05) is 7.05 Å². The van der Waals surface area contributed by atoms with Crippen molar-refractivity contribution in [3.05, 3.63) is 35.4 Å². The number of hydrogen-bond acceptors (Lipinski definition) is 2. The Hall–Kier alpha value is -0.820. The molecule has 1 atom stereocenters. The van der Waals surface area contributed by atoms with E-state index in [4.69, 9.17) is 0 Å². The topological polar surface area (TPSA) is 39.7 Å². The lowest BCUT2D eigenvalue weighted by molar-refractivity contribution is 0.345. The van der Waals surface area contributed by atoms with Crippen molar-refractivity contribution >= 4 is 29.9 Å². The number of halogens is 1. The Kier molecular flexibility index (Phi) is 11.3. The van der Waals surface area contributed by atoms with E-state index in [-0.39, 0.29) is 24.0 Å². The molecule has 0 aliphatic heterocycles. The summed E-state index contributed by atoms with van der Waals surface area (Å²) < 4.78 is 0. The molecule has 1 unspecified atom stereocenters. The molecule has 0 radical (unpaired) electrons. The van der Waals surface area contributed by atoms with Gasteiger partial charge in [0.1, 0.15) is 0 Å². The van der Waals surface area contributed by atoms with Crippen LogP contribution in [0, 0.1) is 5.92 Å². The van der Waals surface area contributed by atoms with E-state index < -0.39 is 0 Å². The first-order valence-electron chi connectivity index (χ1n) is 8.19. The van der Waals surface area contributed by atoms with Crippen LogP contribution in [0.4, 0.5) is 0 Å². The molecule has 0 heterocycles. The first kappa shape index (κ1) is 22.2. The highest BCUT2D eigenvalue weighted by Gasteiger charge is 2.08. The maximum Gasteiger partial charge on any atom is 0.191 e. The van der Waals surface area contributed by atoms with Crippen LogP contribution in [0.2, 0.25) is 0 Å². The van der Waals surface area contributed by atoms with Crippen molar-refractivity contribution in [1.29, 1.82) is 0 Å². The maximum absolute atomic E-state index is 4.30. The number of guanidine groups is 1. The second-order valence-corrected chi connectivity index (χ2v) is 6.25. The molecule has 1 aromatic rings. The van der Waals surface area contributed by atoms with Crippen molar-refractivity contribution in [3.8, 4) is 0 Å². The summed E-state index contributed by atoms with van der Waals surface area (Å²) in [5, 5.41) is 6.81. The third-order valence-electron chi connectivity index (χ3n) is 4.03. The maximum atomic E-state index is 4.30. The van der Waals surface area contributed by atoms with E-state index in [2.05, 4.69) is 79.5 Å². The third-order valence-corrected chi connectivity index (χ3v) is 4.03. The zero-order chi connectivity index (χ0) is 16.5. The Labute approximate surface area is 159 Å². The highest BCUT2D eigenvalue weighted by Crippen LogP contribution is 2.07. The second kappa shape index (κ2) is 11.7. The van der Waals surface area contributed by atoms with Gasteiger partial charge < -0.3 is 15.5 Å². The summed E-state index contributed by atoms with van der Waals surface area (Å²) >= 11 is 0. The molecule has 2 N–H and O–H groups in total. The summed E-state index contributed by atoms with van der Waals surface area (Å²) in [5.74, 6) is 1.43. The molecule has 0 fully saturated rings. The van der Waals surface area contributed by atoms with Gasteiger partial charge in [0.05, 0.1) is 0 Å². The minimum atomic E-state index is 0. The summed E-state index contributed by atoms with van der Waals surface area (Å²) in [7, 11) is 3.96. The van der Waals surface area contributed by atoms with E-state index in [1.165, 1.54) is 11.1 Å². The molecular formula is C18H33IN4. The Bertz CT molecular complexity index is 474. The van der Waals surface area contributed by atoms with Crippen LogP contribution in [0.3, 0.4) is 0 Å². The predicted octanol–water partition coefficient (Wildman–Crippen LogP) is 3.47. The standard InChI is InChI=1S/C18H32N4.HI/c1-7-22(6)13-17-10-8-9-16(11-17)12-20-18(19-5)21-15(4)14(2)3;/h8-11,14-15H,7,12-13H2,1-6H3,(H2,19,20,21);1H. The fourth-order valence-corrected chi connectivity index (χ4v) is 2.02. The zero-order valence-electron chi connectivity index (χ0n) is 15.4. The van der Waals surface area contributed by atoms with E-state index >= 15 is 0 Å². The fourth-order valence-electron chi connectivity index (χ4n) is 2.02. The monoisotopic (exact) mass is 432 g/mol. The summed E-state index contributed by atoms with van der Waals surface area (Å²) in [6.07, 6.45) is 0. The lowest BCUT2D eigenvalue weighted by Crippen LogP contribution is -2.43. The highest BCUT2D eigenvalue weighted by molar-refractivity contribution is 14.0.